The molecule has 1 rings (SSSR count). The highest BCUT2D eigenvalue weighted by Crippen LogP contribution is 2.30. The molecule has 1 aromatic rings. The van der Waals surface area contributed by atoms with Crippen LogP contribution in [0.15, 0.2) is 18.2 Å². The first-order valence-corrected chi connectivity index (χ1v) is 5.82. The third kappa shape index (κ3) is 5.16. The third-order valence-corrected chi connectivity index (χ3v) is 2.65. The fraction of sp³-hybridized carbons (Fsp3) is 0.538. The van der Waals surface area contributed by atoms with E-state index in [0.29, 0.717) is 12.6 Å². The Morgan fingerprint density at radius 3 is 2.32 bits per heavy atom. The van der Waals surface area contributed by atoms with Crippen LogP contribution in [0.4, 0.5) is 17.6 Å². The Labute approximate surface area is 109 Å². The van der Waals surface area contributed by atoms with E-state index in [4.69, 9.17) is 5.11 Å². The Balaban J connectivity index is 2.72. The van der Waals surface area contributed by atoms with Crippen LogP contribution in [0, 0.1) is 11.2 Å². The Morgan fingerprint density at radius 1 is 1.16 bits per heavy atom. The Kier molecular flexibility index (Phi) is 4.92. The summed E-state index contributed by atoms with van der Waals surface area (Å²) < 4.78 is 50.6. The molecule has 0 fully saturated rings. The molecule has 0 atom stereocenters. The first-order valence-electron chi connectivity index (χ1n) is 5.82. The molecular weight excluding hydrogens is 262 g/mol. The van der Waals surface area contributed by atoms with Gasteiger partial charge in [-0.2, -0.15) is 13.2 Å². The summed E-state index contributed by atoms with van der Waals surface area (Å²) in [5.74, 6) is -0.909. The van der Waals surface area contributed by atoms with Crippen molar-refractivity contribution in [2.24, 2.45) is 5.41 Å². The van der Waals surface area contributed by atoms with E-state index in [2.05, 4.69) is 5.32 Å². The second-order valence-corrected chi connectivity index (χ2v) is 5.27. The van der Waals surface area contributed by atoms with E-state index in [-0.39, 0.29) is 24.1 Å². The lowest BCUT2D eigenvalue weighted by atomic mass is 9.95. The topological polar surface area (TPSA) is 32.3 Å². The minimum absolute atomic E-state index is 0.0447. The van der Waals surface area contributed by atoms with Gasteiger partial charge < -0.3 is 10.4 Å². The molecule has 0 aliphatic heterocycles. The van der Waals surface area contributed by atoms with Crippen molar-refractivity contribution in [2.45, 2.75) is 26.6 Å². The zero-order chi connectivity index (χ0) is 14.7. The molecule has 0 bridgehead atoms. The second kappa shape index (κ2) is 5.88. The van der Waals surface area contributed by atoms with Crippen molar-refractivity contribution in [3.63, 3.8) is 0 Å². The summed E-state index contributed by atoms with van der Waals surface area (Å²) in [6.45, 7) is 4.11. The fourth-order valence-electron chi connectivity index (χ4n) is 1.52. The number of halogens is 4. The maximum atomic E-state index is 13.1. The van der Waals surface area contributed by atoms with Crippen molar-refractivity contribution in [1.82, 2.24) is 5.32 Å². The molecule has 6 heteroatoms. The van der Waals surface area contributed by atoms with Gasteiger partial charge in [0.2, 0.25) is 0 Å². The van der Waals surface area contributed by atoms with E-state index in [0.717, 1.165) is 12.1 Å². The monoisotopic (exact) mass is 279 g/mol. The average molecular weight is 279 g/mol. The number of rotatable bonds is 5. The molecule has 0 aromatic heterocycles. The molecule has 0 saturated carbocycles. The summed E-state index contributed by atoms with van der Waals surface area (Å²) in [4.78, 5) is 0. The van der Waals surface area contributed by atoms with Gasteiger partial charge in [-0.25, -0.2) is 4.39 Å². The summed E-state index contributed by atoms with van der Waals surface area (Å²) >= 11 is 0. The number of hydrogen-bond donors (Lipinski definition) is 2. The van der Waals surface area contributed by atoms with Crippen molar-refractivity contribution in [3.8, 4) is 0 Å². The number of aliphatic hydroxyl groups excluding tert-OH is 1. The number of aliphatic hydroxyl groups is 1. The molecule has 0 heterocycles. The maximum Gasteiger partial charge on any atom is 0.416 e. The Morgan fingerprint density at radius 2 is 1.79 bits per heavy atom. The molecule has 2 N–H and O–H groups in total. The largest absolute Gasteiger partial charge is 0.416 e. The van der Waals surface area contributed by atoms with Crippen molar-refractivity contribution >= 4 is 0 Å². The van der Waals surface area contributed by atoms with E-state index in [1.54, 1.807) is 0 Å². The van der Waals surface area contributed by atoms with Gasteiger partial charge in [-0.1, -0.05) is 13.8 Å². The standard InChI is InChI=1S/C13H17F4NO/c1-12(2,8-19)7-18-6-9-3-10(13(15,16)17)5-11(14)4-9/h3-5,18-19H,6-8H2,1-2H3. The highest BCUT2D eigenvalue weighted by Gasteiger charge is 2.31. The predicted molar refractivity (Wildman–Crippen MR) is 64.0 cm³/mol. The summed E-state index contributed by atoms with van der Waals surface area (Å²) in [5.41, 5.74) is -1.15. The van der Waals surface area contributed by atoms with E-state index < -0.39 is 17.6 Å². The lowest BCUT2D eigenvalue weighted by Gasteiger charge is -2.22. The van der Waals surface area contributed by atoms with Crippen LogP contribution in [0.3, 0.4) is 0 Å². The zero-order valence-electron chi connectivity index (χ0n) is 10.8. The van der Waals surface area contributed by atoms with Crippen molar-refractivity contribution < 1.29 is 22.7 Å². The van der Waals surface area contributed by atoms with Crippen molar-refractivity contribution in [1.29, 1.82) is 0 Å². The van der Waals surface area contributed by atoms with Crippen LogP contribution >= 0.6 is 0 Å². The van der Waals surface area contributed by atoms with Gasteiger partial charge in [0.25, 0.3) is 0 Å². The quantitative estimate of drug-likeness (QED) is 0.812. The normalized spacial score (nSPS) is 12.8. The molecule has 0 saturated heterocycles. The number of benzene rings is 1. The summed E-state index contributed by atoms with van der Waals surface area (Å²) in [6.07, 6.45) is -4.55. The number of nitrogens with one attached hydrogen (secondary N) is 1. The van der Waals surface area contributed by atoms with E-state index in [1.165, 1.54) is 0 Å². The van der Waals surface area contributed by atoms with Gasteiger partial charge in [0, 0.05) is 25.1 Å². The first-order chi connectivity index (χ1) is 8.64. The van der Waals surface area contributed by atoms with Gasteiger partial charge in [0.05, 0.1) is 5.56 Å². The van der Waals surface area contributed by atoms with Crippen LogP contribution in [-0.4, -0.2) is 18.3 Å². The first kappa shape index (κ1) is 15.9. The van der Waals surface area contributed by atoms with Crippen LogP contribution in [0.2, 0.25) is 0 Å². The third-order valence-electron chi connectivity index (χ3n) is 2.65. The van der Waals surface area contributed by atoms with Crippen molar-refractivity contribution in [3.05, 3.63) is 35.1 Å². The van der Waals surface area contributed by atoms with Crippen LogP contribution < -0.4 is 5.32 Å². The van der Waals surface area contributed by atoms with Crippen LogP contribution in [0.25, 0.3) is 0 Å². The zero-order valence-corrected chi connectivity index (χ0v) is 10.8. The molecule has 0 aliphatic carbocycles. The molecule has 2 nitrogen and oxygen atoms in total. The molecule has 0 unspecified atom stereocenters. The van der Waals surface area contributed by atoms with E-state index in [1.807, 2.05) is 13.8 Å². The highest BCUT2D eigenvalue weighted by atomic mass is 19.4. The molecular formula is C13H17F4NO. The molecule has 1 aromatic carbocycles. The SMILES string of the molecule is CC(C)(CO)CNCc1cc(F)cc(C(F)(F)F)c1. The molecule has 0 amide bonds. The van der Waals surface area contributed by atoms with Gasteiger partial charge in [0.1, 0.15) is 5.82 Å². The molecule has 108 valence electrons. The molecule has 19 heavy (non-hydrogen) atoms. The summed E-state index contributed by atoms with van der Waals surface area (Å²) in [5, 5.41) is 11.9. The summed E-state index contributed by atoms with van der Waals surface area (Å²) in [6, 6.07) is 2.46. The molecule has 0 aliphatic rings. The minimum atomic E-state index is -4.55. The smallest absolute Gasteiger partial charge is 0.396 e. The van der Waals surface area contributed by atoms with Crippen LogP contribution in [0.5, 0.6) is 0 Å². The lowest BCUT2D eigenvalue weighted by molar-refractivity contribution is -0.137. The van der Waals surface area contributed by atoms with Crippen LogP contribution in [-0.2, 0) is 12.7 Å². The average Bonchev–Trinajstić information content (AvgIpc) is 2.27. The van der Waals surface area contributed by atoms with Gasteiger partial charge in [-0.15, -0.1) is 0 Å². The van der Waals surface area contributed by atoms with Gasteiger partial charge in [-0.05, 0) is 23.8 Å². The predicted octanol–water partition coefficient (Wildman–Crippen LogP) is 2.95. The van der Waals surface area contributed by atoms with E-state index >= 15 is 0 Å². The Hall–Kier alpha value is -1.14. The fourth-order valence-corrected chi connectivity index (χ4v) is 1.52. The second-order valence-electron chi connectivity index (χ2n) is 5.27. The number of alkyl halides is 3. The molecule has 0 radical (unpaired) electrons. The number of hydrogen-bond acceptors (Lipinski definition) is 2. The highest BCUT2D eigenvalue weighted by molar-refractivity contribution is 5.26. The van der Waals surface area contributed by atoms with Crippen LogP contribution in [0.1, 0.15) is 25.0 Å². The summed E-state index contributed by atoms with van der Waals surface area (Å²) in [7, 11) is 0. The van der Waals surface area contributed by atoms with Crippen molar-refractivity contribution in [2.75, 3.05) is 13.2 Å². The Bertz CT molecular complexity index is 429. The van der Waals surface area contributed by atoms with Gasteiger partial charge in [-0.3, -0.25) is 0 Å². The lowest BCUT2D eigenvalue weighted by Crippen LogP contribution is -2.31. The van der Waals surface area contributed by atoms with E-state index in [9.17, 15) is 17.6 Å². The maximum absolute atomic E-state index is 13.1. The van der Waals surface area contributed by atoms with Gasteiger partial charge in [0.15, 0.2) is 0 Å². The van der Waals surface area contributed by atoms with Gasteiger partial charge >= 0.3 is 6.18 Å². The minimum Gasteiger partial charge on any atom is -0.396 e. The molecule has 0 spiro atoms.